The number of hydrogen-bond acceptors (Lipinski definition) is 3. The first-order valence-corrected chi connectivity index (χ1v) is 6.72. The van der Waals surface area contributed by atoms with E-state index in [2.05, 4.69) is 11.9 Å². The zero-order valence-electron chi connectivity index (χ0n) is 11.5. The molecule has 1 aliphatic heterocycles. The van der Waals surface area contributed by atoms with E-state index in [0.717, 1.165) is 32.0 Å². The zero-order chi connectivity index (χ0) is 14.5. The number of carbonyl (C=O) groups is 2. The smallest absolute Gasteiger partial charge is 0.328 e. The van der Waals surface area contributed by atoms with E-state index < -0.39 is 5.97 Å². The zero-order valence-corrected chi connectivity index (χ0v) is 11.5. The molecule has 1 aliphatic rings. The van der Waals surface area contributed by atoms with E-state index in [1.54, 1.807) is 12.1 Å². The maximum atomic E-state index is 12.3. The first kappa shape index (κ1) is 14.2. The highest BCUT2D eigenvalue weighted by Gasteiger charge is 2.22. The number of likely N-dealkylation sites (tertiary alicyclic amines) is 1. The molecule has 0 spiro atoms. The molecule has 0 bridgehead atoms. The molecular formula is C15H18N2O3. The molecule has 1 amide bonds. The molecule has 1 aromatic heterocycles. The molecule has 1 unspecified atom stereocenters. The number of carbonyl (C=O) groups excluding carboxylic acids is 1. The summed E-state index contributed by atoms with van der Waals surface area (Å²) in [6, 6.07) is 3.34. The molecule has 1 fully saturated rings. The third-order valence-corrected chi connectivity index (χ3v) is 3.37. The fraction of sp³-hybridized carbons (Fsp3) is 0.400. The van der Waals surface area contributed by atoms with Gasteiger partial charge in [-0.3, -0.25) is 9.78 Å². The van der Waals surface area contributed by atoms with Gasteiger partial charge in [0.05, 0.1) is 0 Å². The minimum absolute atomic E-state index is 0.0506. The van der Waals surface area contributed by atoms with Crippen molar-refractivity contribution >= 4 is 18.0 Å². The summed E-state index contributed by atoms with van der Waals surface area (Å²) in [5, 5.41) is 8.54. The minimum Gasteiger partial charge on any atom is -0.478 e. The van der Waals surface area contributed by atoms with Crippen LogP contribution in [0, 0.1) is 5.92 Å². The van der Waals surface area contributed by atoms with Crippen molar-refractivity contribution in [2.75, 3.05) is 13.1 Å². The van der Waals surface area contributed by atoms with E-state index in [1.807, 2.05) is 4.90 Å². The van der Waals surface area contributed by atoms with Gasteiger partial charge >= 0.3 is 5.97 Å². The van der Waals surface area contributed by atoms with Gasteiger partial charge in [-0.1, -0.05) is 13.0 Å². The highest BCUT2D eigenvalue weighted by Crippen LogP contribution is 2.17. The van der Waals surface area contributed by atoms with Crippen LogP contribution in [0.15, 0.2) is 24.4 Å². The molecule has 1 saturated heterocycles. The normalized spacial score (nSPS) is 19.2. The molecule has 5 heteroatoms. The van der Waals surface area contributed by atoms with Crippen LogP contribution in [0.2, 0.25) is 0 Å². The van der Waals surface area contributed by atoms with Crippen molar-refractivity contribution in [3.63, 3.8) is 0 Å². The molecule has 106 valence electrons. The van der Waals surface area contributed by atoms with Gasteiger partial charge in [0.2, 0.25) is 0 Å². The summed E-state index contributed by atoms with van der Waals surface area (Å²) in [5.41, 5.74) is 1.07. The van der Waals surface area contributed by atoms with Crippen LogP contribution in [0.25, 0.3) is 6.08 Å². The maximum absolute atomic E-state index is 12.3. The summed E-state index contributed by atoms with van der Waals surface area (Å²) < 4.78 is 0. The summed E-state index contributed by atoms with van der Waals surface area (Å²) in [4.78, 5) is 28.6. The van der Waals surface area contributed by atoms with Crippen LogP contribution in [0.3, 0.4) is 0 Å². The highest BCUT2D eigenvalue weighted by atomic mass is 16.4. The first-order valence-electron chi connectivity index (χ1n) is 6.72. The lowest BCUT2D eigenvalue weighted by Crippen LogP contribution is -2.39. The molecule has 1 N–H and O–H groups in total. The predicted molar refractivity (Wildman–Crippen MR) is 75.2 cm³/mol. The molecule has 2 heterocycles. The molecule has 1 aromatic rings. The summed E-state index contributed by atoms with van der Waals surface area (Å²) in [5.74, 6) is -0.525. The third kappa shape index (κ3) is 3.66. The van der Waals surface area contributed by atoms with E-state index in [9.17, 15) is 9.59 Å². The number of carboxylic acid groups (broad SMARTS) is 1. The Balaban J connectivity index is 2.05. The Morgan fingerprint density at radius 3 is 2.85 bits per heavy atom. The standard InChI is InChI=1S/C15H18N2O3/c1-11-3-2-8-17(10-11)15(20)13-6-4-12(9-16-13)5-7-14(18)19/h4-7,9,11H,2-3,8,10H2,1H3,(H,18,19). The molecule has 5 nitrogen and oxygen atoms in total. The van der Waals surface area contributed by atoms with E-state index in [0.29, 0.717) is 17.2 Å². The third-order valence-electron chi connectivity index (χ3n) is 3.37. The Hall–Kier alpha value is -2.17. The van der Waals surface area contributed by atoms with Gasteiger partial charge in [0.15, 0.2) is 0 Å². The topological polar surface area (TPSA) is 70.5 Å². The average Bonchev–Trinajstić information content (AvgIpc) is 2.45. The lowest BCUT2D eigenvalue weighted by molar-refractivity contribution is -0.131. The second kappa shape index (κ2) is 6.32. The fourth-order valence-electron chi connectivity index (χ4n) is 2.33. The number of rotatable bonds is 3. The summed E-state index contributed by atoms with van der Waals surface area (Å²) >= 11 is 0. The van der Waals surface area contributed by atoms with Crippen LogP contribution in [-0.4, -0.2) is 40.0 Å². The van der Waals surface area contributed by atoms with Gasteiger partial charge in [0.25, 0.3) is 5.91 Å². The van der Waals surface area contributed by atoms with Gasteiger partial charge in [-0.2, -0.15) is 0 Å². The Labute approximate surface area is 117 Å². The van der Waals surface area contributed by atoms with Crippen molar-refractivity contribution in [1.29, 1.82) is 0 Å². The van der Waals surface area contributed by atoms with Crippen LogP contribution in [0.4, 0.5) is 0 Å². The lowest BCUT2D eigenvalue weighted by atomic mass is 10.00. The number of aromatic nitrogens is 1. The van der Waals surface area contributed by atoms with E-state index in [-0.39, 0.29) is 5.91 Å². The van der Waals surface area contributed by atoms with Gasteiger partial charge in [-0.05, 0) is 36.5 Å². The minimum atomic E-state index is -1.01. The average molecular weight is 274 g/mol. The fourth-order valence-corrected chi connectivity index (χ4v) is 2.33. The van der Waals surface area contributed by atoms with Gasteiger partial charge in [-0.25, -0.2) is 4.79 Å². The Morgan fingerprint density at radius 2 is 2.25 bits per heavy atom. The highest BCUT2D eigenvalue weighted by molar-refractivity contribution is 5.92. The molecule has 1 atom stereocenters. The van der Waals surface area contributed by atoms with Crippen molar-refractivity contribution in [2.45, 2.75) is 19.8 Å². The van der Waals surface area contributed by atoms with Gasteiger partial charge in [0.1, 0.15) is 5.69 Å². The van der Waals surface area contributed by atoms with Crippen LogP contribution in [-0.2, 0) is 4.79 Å². The first-order chi connectivity index (χ1) is 9.56. The number of aliphatic carboxylic acids is 1. The van der Waals surface area contributed by atoms with Crippen LogP contribution >= 0.6 is 0 Å². The number of carboxylic acids is 1. The SMILES string of the molecule is CC1CCCN(C(=O)c2ccc(C=CC(=O)O)cn2)C1. The van der Waals surface area contributed by atoms with Crippen molar-refractivity contribution < 1.29 is 14.7 Å². The van der Waals surface area contributed by atoms with Gasteiger partial charge in [0, 0.05) is 25.4 Å². The van der Waals surface area contributed by atoms with Crippen molar-refractivity contribution in [1.82, 2.24) is 9.88 Å². The number of nitrogens with zero attached hydrogens (tertiary/aromatic N) is 2. The van der Waals surface area contributed by atoms with Crippen molar-refractivity contribution in [3.05, 3.63) is 35.7 Å². The Morgan fingerprint density at radius 1 is 1.45 bits per heavy atom. The molecule has 0 radical (unpaired) electrons. The number of amides is 1. The number of hydrogen-bond donors (Lipinski definition) is 1. The number of pyridine rings is 1. The monoisotopic (exact) mass is 274 g/mol. The summed E-state index contributed by atoms with van der Waals surface area (Å²) in [6.45, 7) is 3.71. The quantitative estimate of drug-likeness (QED) is 0.856. The second-order valence-corrected chi connectivity index (χ2v) is 5.15. The van der Waals surface area contributed by atoms with Crippen LogP contribution < -0.4 is 0 Å². The molecular weight excluding hydrogens is 256 g/mol. The predicted octanol–water partition coefficient (Wildman–Crippen LogP) is 2.05. The molecule has 0 saturated carbocycles. The lowest BCUT2D eigenvalue weighted by Gasteiger charge is -2.30. The van der Waals surface area contributed by atoms with Crippen molar-refractivity contribution in [2.24, 2.45) is 5.92 Å². The molecule has 20 heavy (non-hydrogen) atoms. The summed E-state index contributed by atoms with van der Waals surface area (Å²) in [6.07, 6.45) is 6.21. The second-order valence-electron chi connectivity index (χ2n) is 5.15. The largest absolute Gasteiger partial charge is 0.478 e. The maximum Gasteiger partial charge on any atom is 0.328 e. The van der Waals surface area contributed by atoms with Crippen LogP contribution in [0.5, 0.6) is 0 Å². The van der Waals surface area contributed by atoms with E-state index in [4.69, 9.17) is 5.11 Å². The Kier molecular flexibility index (Phi) is 4.50. The van der Waals surface area contributed by atoms with Crippen LogP contribution in [0.1, 0.15) is 35.8 Å². The summed E-state index contributed by atoms with van der Waals surface area (Å²) in [7, 11) is 0. The Bertz CT molecular complexity index is 522. The van der Waals surface area contributed by atoms with Gasteiger partial charge in [-0.15, -0.1) is 0 Å². The molecule has 0 aliphatic carbocycles. The van der Waals surface area contributed by atoms with Gasteiger partial charge < -0.3 is 10.0 Å². The van der Waals surface area contributed by atoms with Crippen molar-refractivity contribution in [3.8, 4) is 0 Å². The molecule has 2 rings (SSSR count). The van der Waals surface area contributed by atoms with E-state index >= 15 is 0 Å². The van der Waals surface area contributed by atoms with E-state index in [1.165, 1.54) is 12.3 Å². The number of piperidine rings is 1. The molecule has 0 aromatic carbocycles.